The van der Waals surface area contributed by atoms with Crippen LogP contribution >= 0.6 is 0 Å². The number of aromatic nitrogens is 1. The number of sulfonamides is 1. The van der Waals surface area contributed by atoms with Crippen molar-refractivity contribution in [3.63, 3.8) is 0 Å². The van der Waals surface area contributed by atoms with Crippen LogP contribution in [0, 0.1) is 5.92 Å². The highest BCUT2D eigenvalue weighted by Gasteiger charge is 2.39. The van der Waals surface area contributed by atoms with E-state index in [1.807, 2.05) is 0 Å². The first-order valence-corrected chi connectivity index (χ1v) is 8.76. The molecule has 1 saturated heterocycles. The molecule has 1 saturated carbocycles. The predicted octanol–water partition coefficient (Wildman–Crippen LogP) is 2.01. The van der Waals surface area contributed by atoms with Crippen molar-refractivity contribution in [3.05, 3.63) is 18.3 Å². The van der Waals surface area contributed by atoms with E-state index in [0.717, 1.165) is 32.1 Å². The van der Waals surface area contributed by atoms with Crippen LogP contribution in [0.25, 0.3) is 0 Å². The zero-order valence-electron chi connectivity index (χ0n) is 11.5. The molecular formula is C14H21N3O2S. The Labute approximate surface area is 120 Å². The zero-order chi connectivity index (χ0) is 14.2. The quantitative estimate of drug-likeness (QED) is 0.905. The van der Waals surface area contributed by atoms with Crippen LogP contribution in [0.15, 0.2) is 23.2 Å². The standard InChI is InChI=1S/C14H21N3O2S/c15-14-10-12(7-8-16-14)20(18,19)17-9-3-5-11-4-1-2-6-13(11)17/h7-8,10-11,13H,1-6,9H2,(H2,15,16). The number of pyridine rings is 1. The van der Waals surface area contributed by atoms with Gasteiger partial charge in [0.05, 0.1) is 4.90 Å². The van der Waals surface area contributed by atoms with Crippen LogP contribution in [0.3, 0.4) is 0 Å². The largest absolute Gasteiger partial charge is 0.384 e. The summed E-state index contributed by atoms with van der Waals surface area (Å²) in [4.78, 5) is 4.15. The smallest absolute Gasteiger partial charge is 0.243 e. The molecule has 1 aromatic rings. The number of hydrogen-bond acceptors (Lipinski definition) is 4. The molecular weight excluding hydrogens is 274 g/mol. The number of nitrogen functional groups attached to an aromatic ring is 1. The fourth-order valence-electron chi connectivity index (χ4n) is 3.60. The minimum absolute atomic E-state index is 0.178. The Balaban J connectivity index is 1.93. The van der Waals surface area contributed by atoms with Crippen LogP contribution in [0.1, 0.15) is 38.5 Å². The number of nitrogens with two attached hydrogens (primary N) is 1. The van der Waals surface area contributed by atoms with Gasteiger partial charge in [-0.3, -0.25) is 0 Å². The third-order valence-electron chi connectivity index (χ3n) is 4.55. The van der Waals surface area contributed by atoms with Gasteiger partial charge in [-0.2, -0.15) is 4.31 Å². The number of rotatable bonds is 2. The fourth-order valence-corrected chi connectivity index (χ4v) is 5.38. The number of piperidine rings is 1. The van der Waals surface area contributed by atoms with E-state index in [2.05, 4.69) is 4.98 Å². The molecule has 20 heavy (non-hydrogen) atoms. The Hall–Kier alpha value is -1.14. The van der Waals surface area contributed by atoms with Gasteiger partial charge in [-0.1, -0.05) is 12.8 Å². The first-order valence-electron chi connectivity index (χ1n) is 7.32. The van der Waals surface area contributed by atoms with Gasteiger partial charge in [-0.05, 0) is 37.7 Å². The molecule has 1 aliphatic carbocycles. The highest BCUT2D eigenvalue weighted by molar-refractivity contribution is 7.89. The third-order valence-corrected chi connectivity index (χ3v) is 6.47. The molecule has 2 heterocycles. The fraction of sp³-hybridized carbons (Fsp3) is 0.643. The minimum atomic E-state index is -3.44. The lowest BCUT2D eigenvalue weighted by molar-refractivity contribution is 0.129. The molecule has 0 aromatic carbocycles. The van der Waals surface area contributed by atoms with E-state index in [9.17, 15) is 8.42 Å². The molecule has 2 N–H and O–H groups in total. The van der Waals surface area contributed by atoms with Gasteiger partial charge in [0, 0.05) is 24.8 Å². The zero-order valence-corrected chi connectivity index (χ0v) is 12.3. The van der Waals surface area contributed by atoms with Crippen LogP contribution in [-0.2, 0) is 10.0 Å². The molecule has 0 bridgehead atoms. The highest BCUT2D eigenvalue weighted by atomic mass is 32.2. The number of hydrogen-bond donors (Lipinski definition) is 1. The molecule has 2 fully saturated rings. The molecule has 2 atom stereocenters. The molecule has 2 aliphatic rings. The van der Waals surface area contributed by atoms with Crippen molar-refractivity contribution < 1.29 is 8.42 Å². The van der Waals surface area contributed by atoms with Crippen LogP contribution in [0.5, 0.6) is 0 Å². The van der Waals surface area contributed by atoms with Gasteiger partial charge >= 0.3 is 0 Å². The Morgan fingerprint density at radius 2 is 1.95 bits per heavy atom. The molecule has 0 spiro atoms. The third kappa shape index (κ3) is 2.42. The van der Waals surface area contributed by atoms with E-state index < -0.39 is 10.0 Å². The minimum Gasteiger partial charge on any atom is -0.384 e. The van der Waals surface area contributed by atoms with Crippen molar-refractivity contribution in [2.45, 2.75) is 49.5 Å². The molecule has 110 valence electrons. The summed E-state index contributed by atoms with van der Waals surface area (Å²) < 4.78 is 27.4. The van der Waals surface area contributed by atoms with Gasteiger partial charge in [0.1, 0.15) is 5.82 Å². The van der Waals surface area contributed by atoms with Crippen molar-refractivity contribution in [3.8, 4) is 0 Å². The summed E-state index contributed by atoms with van der Waals surface area (Å²) in [6, 6.07) is 3.18. The summed E-state index contributed by atoms with van der Waals surface area (Å²) >= 11 is 0. The SMILES string of the molecule is Nc1cc(S(=O)(=O)N2CCCC3CCCCC32)ccn1. The van der Waals surface area contributed by atoms with Gasteiger partial charge < -0.3 is 5.73 Å². The van der Waals surface area contributed by atoms with E-state index >= 15 is 0 Å². The van der Waals surface area contributed by atoms with Crippen molar-refractivity contribution in [1.82, 2.24) is 9.29 Å². The Kier molecular flexibility index (Phi) is 3.69. The van der Waals surface area contributed by atoms with Crippen LogP contribution in [0.2, 0.25) is 0 Å². The van der Waals surface area contributed by atoms with Gasteiger partial charge in [-0.25, -0.2) is 13.4 Å². The van der Waals surface area contributed by atoms with E-state index in [1.165, 1.54) is 24.8 Å². The second-order valence-corrected chi connectivity index (χ2v) is 7.68. The first kappa shape index (κ1) is 13.8. The molecule has 3 rings (SSSR count). The summed E-state index contributed by atoms with van der Waals surface area (Å²) in [7, 11) is -3.44. The van der Waals surface area contributed by atoms with Crippen LogP contribution in [0.4, 0.5) is 5.82 Å². The number of fused-ring (bicyclic) bond motifs is 1. The maximum Gasteiger partial charge on any atom is 0.243 e. The normalized spacial score (nSPS) is 28.0. The Morgan fingerprint density at radius 1 is 1.20 bits per heavy atom. The summed E-state index contributed by atoms with van der Waals surface area (Å²) in [5, 5.41) is 0. The van der Waals surface area contributed by atoms with E-state index in [0.29, 0.717) is 12.5 Å². The number of anilines is 1. The topological polar surface area (TPSA) is 76.3 Å². The first-order chi connectivity index (χ1) is 9.59. The van der Waals surface area contributed by atoms with Gasteiger partial charge in [0.25, 0.3) is 0 Å². The van der Waals surface area contributed by atoms with Gasteiger partial charge in [-0.15, -0.1) is 0 Å². The van der Waals surface area contributed by atoms with Gasteiger partial charge in [0.2, 0.25) is 10.0 Å². The molecule has 6 heteroatoms. The Morgan fingerprint density at radius 3 is 2.75 bits per heavy atom. The monoisotopic (exact) mass is 295 g/mol. The lowest BCUT2D eigenvalue weighted by Gasteiger charge is -2.43. The van der Waals surface area contributed by atoms with E-state index in [-0.39, 0.29) is 16.8 Å². The lowest BCUT2D eigenvalue weighted by atomic mass is 9.79. The summed E-state index contributed by atoms with van der Waals surface area (Å²) in [6.45, 7) is 0.631. The Bertz CT molecular complexity index is 586. The molecule has 2 unspecified atom stereocenters. The van der Waals surface area contributed by atoms with Crippen molar-refractivity contribution in [2.24, 2.45) is 5.92 Å². The second-order valence-electron chi connectivity index (χ2n) is 5.79. The molecule has 1 aromatic heterocycles. The van der Waals surface area contributed by atoms with Crippen molar-refractivity contribution in [1.29, 1.82) is 0 Å². The predicted molar refractivity (Wildman–Crippen MR) is 77.5 cm³/mol. The molecule has 0 amide bonds. The van der Waals surface area contributed by atoms with E-state index in [1.54, 1.807) is 4.31 Å². The van der Waals surface area contributed by atoms with Gasteiger partial charge in [0.15, 0.2) is 0 Å². The summed E-state index contributed by atoms with van der Waals surface area (Å²) in [6.07, 6.45) is 8.10. The molecule has 1 aliphatic heterocycles. The summed E-state index contributed by atoms with van der Waals surface area (Å²) in [5.41, 5.74) is 5.62. The van der Waals surface area contributed by atoms with Crippen LogP contribution in [-0.4, -0.2) is 30.3 Å². The maximum atomic E-state index is 12.8. The average molecular weight is 295 g/mol. The highest BCUT2D eigenvalue weighted by Crippen LogP contribution is 2.38. The molecule has 5 nitrogen and oxygen atoms in total. The van der Waals surface area contributed by atoms with Crippen molar-refractivity contribution >= 4 is 15.8 Å². The van der Waals surface area contributed by atoms with Crippen LogP contribution < -0.4 is 5.73 Å². The molecule has 0 radical (unpaired) electrons. The van der Waals surface area contributed by atoms with Crippen molar-refractivity contribution in [2.75, 3.05) is 12.3 Å². The summed E-state index contributed by atoms with van der Waals surface area (Å²) in [5.74, 6) is 0.787. The second kappa shape index (κ2) is 5.33. The average Bonchev–Trinajstić information content (AvgIpc) is 2.46. The number of nitrogens with zero attached hydrogens (tertiary/aromatic N) is 2. The maximum absolute atomic E-state index is 12.8. The lowest BCUT2D eigenvalue weighted by Crippen LogP contribution is -2.49. The van der Waals surface area contributed by atoms with E-state index in [4.69, 9.17) is 5.73 Å².